The summed E-state index contributed by atoms with van der Waals surface area (Å²) in [6.07, 6.45) is 3.28. The van der Waals surface area contributed by atoms with Crippen LogP contribution in [0, 0.1) is 5.41 Å². The highest BCUT2D eigenvalue weighted by Crippen LogP contribution is 2.62. The molecule has 4 nitrogen and oxygen atoms in total. The highest BCUT2D eigenvalue weighted by molar-refractivity contribution is 5.31. The SMILES string of the molecule is CC1(C)OC(c2ccccc2)(n2cncn2)C1(C)C. The number of nitrogens with zero attached hydrogens (tertiary/aromatic N) is 3. The molecular formula is C15H19N3O. The van der Waals surface area contributed by atoms with Crippen LogP contribution in [0.3, 0.4) is 0 Å². The molecule has 1 saturated heterocycles. The Morgan fingerprint density at radius 1 is 1.05 bits per heavy atom. The van der Waals surface area contributed by atoms with Crippen LogP contribution in [0.5, 0.6) is 0 Å². The first-order valence-corrected chi connectivity index (χ1v) is 6.53. The van der Waals surface area contributed by atoms with Crippen molar-refractivity contribution in [2.24, 2.45) is 5.41 Å². The van der Waals surface area contributed by atoms with Crippen LogP contribution in [0.15, 0.2) is 43.0 Å². The third kappa shape index (κ3) is 1.38. The minimum atomic E-state index is -0.589. The fourth-order valence-corrected chi connectivity index (χ4v) is 2.91. The first-order valence-electron chi connectivity index (χ1n) is 6.53. The molecular weight excluding hydrogens is 238 g/mol. The fraction of sp³-hybridized carbons (Fsp3) is 0.467. The van der Waals surface area contributed by atoms with Crippen molar-refractivity contribution in [2.45, 2.75) is 39.0 Å². The Morgan fingerprint density at radius 2 is 1.74 bits per heavy atom. The van der Waals surface area contributed by atoms with Crippen molar-refractivity contribution in [3.63, 3.8) is 0 Å². The minimum Gasteiger partial charge on any atom is -0.342 e. The van der Waals surface area contributed by atoms with Gasteiger partial charge in [0.25, 0.3) is 0 Å². The van der Waals surface area contributed by atoms with Crippen molar-refractivity contribution in [2.75, 3.05) is 0 Å². The third-order valence-corrected chi connectivity index (χ3v) is 4.66. The molecule has 2 aromatic rings. The average Bonchev–Trinajstić information content (AvgIpc) is 2.90. The maximum Gasteiger partial charge on any atom is 0.196 e. The zero-order valence-electron chi connectivity index (χ0n) is 11.8. The van der Waals surface area contributed by atoms with Crippen LogP contribution in [0.25, 0.3) is 0 Å². The second-order valence-corrected chi connectivity index (χ2v) is 6.09. The van der Waals surface area contributed by atoms with Gasteiger partial charge in [0.2, 0.25) is 0 Å². The van der Waals surface area contributed by atoms with E-state index in [1.165, 1.54) is 0 Å². The number of ether oxygens (including phenoxy) is 1. The molecule has 1 unspecified atom stereocenters. The van der Waals surface area contributed by atoms with Gasteiger partial charge in [-0.3, -0.25) is 0 Å². The number of hydrogen-bond donors (Lipinski definition) is 0. The van der Waals surface area contributed by atoms with E-state index in [2.05, 4.69) is 49.9 Å². The first kappa shape index (κ1) is 12.4. The Kier molecular flexibility index (Phi) is 2.39. The molecule has 1 atom stereocenters. The molecule has 0 aliphatic carbocycles. The Balaban J connectivity index is 2.21. The maximum atomic E-state index is 6.32. The zero-order chi connectivity index (χ0) is 13.7. The molecule has 0 saturated carbocycles. The van der Waals surface area contributed by atoms with Crippen molar-refractivity contribution in [3.05, 3.63) is 48.5 Å². The van der Waals surface area contributed by atoms with Gasteiger partial charge in [-0.25, -0.2) is 9.67 Å². The van der Waals surface area contributed by atoms with Crippen molar-refractivity contribution in [1.82, 2.24) is 14.8 Å². The summed E-state index contributed by atoms with van der Waals surface area (Å²) in [6, 6.07) is 10.2. The van der Waals surface area contributed by atoms with Gasteiger partial charge in [0.05, 0.1) is 5.60 Å². The van der Waals surface area contributed by atoms with Crippen LogP contribution >= 0.6 is 0 Å². The molecule has 19 heavy (non-hydrogen) atoms. The summed E-state index contributed by atoms with van der Waals surface area (Å²) in [5, 5.41) is 4.33. The van der Waals surface area contributed by atoms with Crippen LogP contribution in [-0.4, -0.2) is 20.4 Å². The van der Waals surface area contributed by atoms with E-state index in [4.69, 9.17) is 4.74 Å². The summed E-state index contributed by atoms with van der Waals surface area (Å²) in [4.78, 5) is 4.08. The van der Waals surface area contributed by atoms with E-state index in [0.29, 0.717) is 0 Å². The van der Waals surface area contributed by atoms with Crippen LogP contribution in [0.2, 0.25) is 0 Å². The second kappa shape index (κ2) is 3.67. The molecule has 1 aromatic heterocycles. The minimum absolute atomic E-state index is 0.102. The summed E-state index contributed by atoms with van der Waals surface area (Å²) in [7, 11) is 0. The monoisotopic (exact) mass is 257 g/mol. The molecule has 1 fully saturated rings. The number of hydrogen-bond acceptors (Lipinski definition) is 3. The molecule has 1 aliphatic heterocycles. The van der Waals surface area contributed by atoms with Crippen molar-refractivity contribution in [3.8, 4) is 0 Å². The van der Waals surface area contributed by atoms with E-state index in [0.717, 1.165) is 5.56 Å². The zero-order valence-corrected chi connectivity index (χ0v) is 11.8. The van der Waals surface area contributed by atoms with Gasteiger partial charge in [-0.05, 0) is 13.8 Å². The average molecular weight is 257 g/mol. The van der Waals surface area contributed by atoms with Gasteiger partial charge in [-0.15, -0.1) is 0 Å². The Hall–Kier alpha value is -1.68. The standard InChI is InChI=1S/C15H19N3O/c1-13(2)14(3,4)19-15(13,18-11-16-10-17-18)12-8-6-5-7-9-12/h5-11H,1-4H3. The highest BCUT2D eigenvalue weighted by atomic mass is 16.6. The van der Waals surface area contributed by atoms with Gasteiger partial charge in [-0.2, -0.15) is 5.10 Å². The molecule has 0 amide bonds. The number of benzene rings is 1. The molecule has 1 aliphatic rings. The molecule has 2 heterocycles. The van der Waals surface area contributed by atoms with Crippen molar-refractivity contribution < 1.29 is 4.74 Å². The Labute approximate surface area is 113 Å². The van der Waals surface area contributed by atoms with Crippen molar-refractivity contribution in [1.29, 1.82) is 0 Å². The van der Waals surface area contributed by atoms with Gasteiger partial charge >= 0.3 is 0 Å². The van der Waals surface area contributed by atoms with Gasteiger partial charge in [0, 0.05) is 11.0 Å². The normalized spacial score (nSPS) is 27.8. The van der Waals surface area contributed by atoms with E-state index < -0.39 is 5.72 Å². The molecule has 100 valence electrons. The summed E-state index contributed by atoms with van der Waals surface area (Å²) in [6.45, 7) is 8.66. The lowest BCUT2D eigenvalue weighted by Gasteiger charge is -2.65. The van der Waals surface area contributed by atoms with E-state index >= 15 is 0 Å². The summed E-state index contributed by atoms with van der Waals surface area (Å²) in [5.74, 6) is 0. The quantitative estimate of drug-likeness (QED) is 0.830. The van der Waals surface area contributed by atoms with Gasteiger partial charge in [-0.1, -0.05) is 44.2 Å². The molecule has 0 spiro atoms. The molecule has 1 aromatic carbocycles. The van der Waals surface area contributed by atoms with Gasteiger partial charge in [0.1, 0.15) is 12.7 Å². The van der Waals surface area contributed by atoms with Crippen LogP contribution in [0.4, 0.5) is 0 Å². The topological polar surface area (TPSA) is 39.9 Å². The van der Waals surface area contributed by atoms with Gasteiger partial charge < -0.3 is 4.74 Å². The molecule has 4 heteroatoms. The lowest BCUT2D eigenvalue weighted by molar-refractivity contribution is -0.380. The predicted molar refractivity (Wildman–Crippen MR) is 72.5 cm³/mol. The Morgan fingerprint density at radius 3 is 2.21 bits per heavy atom. The fourth-order valence-electron chi connectivity index (χ4n) is 2.91. The summed E-state index contributed by atoms with van der Waals surface area (Å²) < 4.78 is 8.15. The molecule has 0 N–H and O–H groups in total. The first-order chi connectivity index (χ1) is 8.92. The maximum absolute atomic E-state index is 6.32. The lowest BCUT2D eigenvalue weighted by Crippen LogP contribution is -2.72. The summed E-state index contributed by atoms with van der Waals surface area (Å²) >= 11 is 0. The third-order valence-electron chi connectivity index (χ3n) is 4.66. The number of rotatable bonds is 2. The van der Waals surface area contributed by atoms with E-state index in [1.54, 1.807) is 12.7 Å². The smallest absolute Gasteiger partial charge is 0.196 e. The second-order valence-electron chi connectivity index (χ2n) is 6.09. The molecule has 3 rings (SSSR count). The molecule has 0 bridgehead atoms. The van der Waals surface area contributed by atoms with E-state index in [-0.39, 0.29) is 11.0 Å². The Bertz CT molecular complexity index is 575. The molecule has 0 radical (unpaired) electrons. The van der Waals surface area contributed by atoms with Crippen LogP contribution < -0.4 is 0 Å². The number of aromatic nitrogens is 3. The summed E-state index contributed by atoms with van der Waals surface area (Å²) in [5.41, 5.74) is 0.197. The van der Waals surface area contributed by atoms with Crippen LogP contribution in [-0.2, 0) is 10.5 Å². The largest absolute Gasteiger partial charge is 0.342 e. The van der Waals surface area contributed by atoms with Crippen LogP contribution in [0.1, 0.15) is 33.3 Å². The highest BCUT2D eigenvalue weighted by Gasteiger charge is 2.69. The lowest BCUT2D eigenvalue weighted by atomic mass is 9.60. The van der Waals surface area contributed by atoms with Gasteiger partial charge in [0.15, 0.2) is 5.72 Å². The van der Waals surface area contributed by atoms with E-state index in [1.807, 2.05) is 22.9 Å². The predicted octanol–water partition coefficient (Wildman–Crippen LogP) is 2.81. The van der Waals surface area contributed by atoms with E-state index in [9.17, 15) is 0 Å². The van der Waals surface area contributed by atoms with Crippen molar-refractivity contribution >= 4 is 0 Å².